The predicted molar refractivity (Wildman–Crippen MR) is 101 cm³/mol. The zero-order chi connectivity index (χ0) is 19.9. The Hall–Kier alpha value is -2.94. The number of carboxylic acid groups (broad SMARTS) is 1. The van der Waals surface area contributed by atoms with Gasteiger partial charge in [-0.3, -0.25) is 9.89 Å². The number of methoxy groups -OCH3 is 1. The Labute approximate surface area is 163 Å². The monoisotopic (exact) mass is 387 g/mol. The van der Waals surface area contributed by atoms with Crippen LogP contribution in [-0.4, -0.2) is 63.0 Å². The van der Waals surface area contributed by atoms with Gasteiger partial charge in [0.1, 0.15) is 12.2 Å². The Morgan fingerprint density at radius 3 is 2.82 bits per heavy atom. The number of carbonyl (C=O) groups excluding carboxylic acids is 1. The number of nitrogens with zero attached hydrogens (tertiary/aromatic N) is 3. The molecule has 1 aromatic carbocycles. The molecule has 1 aromatic heterocycles. The molecule has 2 heterocycles. The summed E-state index contributed by atoms with van der Waals surface area (Å²) in [4.78, 5) is 29.9. The highest BCUT2D eigenvalue weighted by Crippen LogP contribution is 2.31. The second kappa shape index (κ2) is 9.32. The summed E-state index contributed by atoms with van der Waals surface area (Å²) in [6.45, 7) is 0.435. The van der Waals surface area contributed by atoms with Crippen molar-refractivity contribution < 1.29 is 19.4 Å². The molecule has 150 valence electrons. The summed E-state index contributed by atoms with van der Waals surface area (Å²) in [6, 6.07) is 8.90. The number of amides is 2. The van der Waals surface area contributed by atoms with Crippen molar-refractivity contribution in [2.45, 2.75) is 43.9 Å². The van der Waals surface area contributed by atoms with Crippen molar-refractivity contribution in [3.63, 3.8) is 0 Å². The van der Waals surface area contributed by atoms with Gasteiger partial charge in [-0.25, -0.2) is 9.78 Å². The molecule has 0 saturated carbocycles. The molecule has 0 bridgehead atoms. The van der Waals surface area contributed by atoms with Gasteiger partial charge in [-0.1, -0.05) is 30.3 Å². The molecule has 1 saturated heterocycles. The fourth-order valence-electron chi connectivity index (χ4n) is 3.51. The van der Waals surface area contributed by atoms with Crippen LogP contribution in [0.3, 0.4) is 0 Å². The third-order valence-corrected chi connectivity index (χ3v) is 4.97. The average Bonchev–Trinajstić information content (AvgIpc) is 3.36. The highest BCUT2D eigenvalue weighted by molar-refractivity contribution is 5.75. The first-order chi connectivity index (χ1) is 13.6. The summed E-state index contributed by atoms with van der Waals surface area (Å²) >= 11 is 0. The number of benzene rings is 1. The average molecular weight is 387 g/mol. The van der Waals surface area contributed by atoms with Crippen LogP contribution >= 0.6 is 0 Å². The molecule has 28 heavy (non-hydrogen) atoms. The Balaban J connectivity index is 1.71. The van der Waals surface area contributed by atoms with Crippen LogP contribution in [0, 0.1) is 0 Å². The van der Waals surface area contributed by atoms with E-state index in [1.807, 2.05) is 30.3 Å². The number of aromatic nitrogens is 3. The summed E-state index contributed by atoms with van der Waals surface area (Å²) in [5.74, 6) is -0.271. The number of carboxylic acids is 1. The Kier molecular flexibility index (Phi) is 6.59. The van der Waals surface area contributed by atoms with Gasteiger partial charge in [-0.05, 0) is 18.4 Å². The molecule has 1 aliphatic heterocycles. The standard InChI is InChI=1S/C19H25N5O4/c1-28-15-10-16(18-20-12-21-23-18)24(11-15)19(27)22-14(7-8-17(25)26)9-13-5-3-2-4-6-13/h2-6,12,14-16H,7-11H2,1H3,(H,22,27)(H,25,26)(H,20,21,23)/t14?,15-,16+/m1/s1. The van der Waals surface area contributed by atoms with E-state index in [2.05, 4.69) is 20.5 Å². The molecule has 3 rings (SSSR count). The van der Waals surface area contributed by atoms with Crippen molar-refractivity contribution in [2.24, 2.45) is 0 Å². The fourth-order valence-corrected chi connectivity index (χ4v) is 3.51. The summed E-state index contributed by atoms with van der Waals surface area (Å²) in [7, 11) is 1.62. The Morgan fingerprint density at radius 2 is 2.18 bits per heavy atom. The minimum atomic E-state index is -0.882. The Bertz CT molecular complexity index is 768. The second-order valence-corrected chi connectivity index (χ2v) is 6.90. The number of likely N-dealkylation sites (tertiary alicyclic amines) is 1. The van der Waals surface area contributed by atoms with E-state index in [1.165, 1.54) is 6.33 Å². The molecule has 0 aliphatic carbocycles. The lowest BCUT2D eigenvalue weighted by Gasteiger charge is -2.26. The number of carbonyl (C=O) groups is 2. The molecular formula is C19H25N5O4. The van der Waals surface area contributed by atoms with Crippen LogP contribution in [0.4, 0.5) is 4.79 Å². The SMILES string of the molecule is CO[C@@H]1C[C@@H](c2ncn[nH]2)N(C(=O)NC(CCC(=O)O)Cc2ccccc2)C1. The second-order valence-electron chi connectivity index (χ2n) is 6.90. The van der Waals surface area contributed by atoms with E-state index in [1.54, 1.807) is 12.0 Å². The lowest BCUT2D eigenvalue weighted by Crippen LogP contribution is -2.46. The lowest BCUT2D eigenvalue weighted by molar-refractivity contribution is -0.137. The molecule has 1 unspecified atom stereocenters. The fraction of sp³-hybridized carbons (Fsp3) is 0.474. The van der Waals surface area contributed by atoms with Crippen molar-refractivity contribution >= 4 is 12.0 Å². The number of urea groups is 1. The number of hydrogen-bond donors (Lipinski definition) is 3. The van der Waals surface area contributed by atoms with Crippen molar-refractivity contribution in [1.82, 2.24) is 25.4 Å². The van der Waals surface area contributed by atoms with Crippen LogP contribution in [0.15, 0.2) is 36.7 Å². The predicted octanol–water partition coefficient (Wildman–Crippen LogP) is 1.75. The third kappa shape index (κ3) is 5.07. The first-order valence-corrected chi connectivity index (χ1v) is 9.27. The van der Waals surface area contributed by atoms with Crippen molar-refractivity contribution in [1.29, 1.82) is 0 Å². The lowest BCUT2D eigenvalue weighted by atomic mass is 10.0. The first-order valence-electron chi connectivity index (χ1n) is 9.27. The molecular weight excluding hydrogens is 362 g/mol. The maximum atomic E-state index is 13.0. The molecule has 2 aromatic rings. The van der Waals surface area contributed by atoms with Gasteiger partial charge < -0.3 is 20.1 Å². The van der Waals surface area contributed by atoms with Gasteiger partial charge in [-0.2, -0.15) is 5.10 Å². The van der Waals surface area contributed by atoms with Gasteiger partial charge >= 0.3 is 12.0 Å². The number of rotatable bonds is 8. The smallest absolute Gasteiger partial charge is 0.318 e. The molecule has 1 aliphatic rings. The van der Waals surface area contributed by atoms with Crippen LogP contribution in [0.1, 0.15) is 36.7 Å². The summed E-state index contributed by atoms with van der Waals surface area (Å²) in [5.41, 5.74) is 1.04. The van der Waals surface area contributed by atoms with Crippen LogP contribution in [0.25, 0.3) is 0 Å². The molecule has 1 fully saturated rings. The van der Waals surface area contributed by atoms with Crippen molar-refractivity contribution in [3.05, 3.63) is 48.0 Å². The molecule has 3 atom stereocenters. The van der Waals surface area contributed by atoms with Crippen LogP contribution < -0.4 is 5.32 Å². The minimum absolute atomic E-state index is 0.00991. The summed E-state index contributed by atoms with van der Waals surface area (Å²) in [6.07, 6.45) is 2.85. The number of hydrogen-bond acceptors (Lipinski definition) is 5. The van der Waals surface area contributed by atoms with Crippen molar-refractivity contribution in [2.75, 3.05) is 13.7 Å². The highest BCUT2D eigenvalue weighted by Gasteiger charge is 2.38. The van der Waals surface area contributed by atoms with Gasteiger partial charge in [0.05, 0.1) is 12.1 Å². The van der Waals surface area contributed by atoms with Crippen LogP contribution in [0.5, 0.6) is 0 Å². The zero-order valence-corrected chi connectivity index (χ0v) is 15.7. The normalized spacial score (nSPS) is 20.1. The van der Waals surface area contributed by atoms with E-state index in [0.717, 1.165) is 5.56 Å². The number of ether oxygens (including phenoxy) is 1. The van der Waals surface area contributed by atoms with Crippen molar-refractivity contribution in [3.8, 4) is 0 Å². The molecule has 0 radical (unpaired) electrons. The molecule has 9 nitrogen and oxygen atoms in total. The first kappa shape index (κ1) is 19.8. The van der Waals surface area contributed by atoms with E-state index in [0.29, 0.717) is 31.6 Å². The number of nitrogens with one attached hydrogen (secondary N) is 2. The maximum Gasteiger partial charge on any atom is 0.318 e. The number of aliphatic carboxylic acids is 1. The maximum absolute atomic E-state index is 13.0. The van der Waals surface area contributed by atoms with Gasteiger partial charge in [0.15, 0.2) is 0 Å². The van der Waals surface area contributed by atoms with E-state index in [-0.39, 0.29) is 30.6 Å². The number of aromatic amines is 1. The van der Waals surface area contributed by atoms with Gasteiger partial charge in [0.2, 0.25) is 0 Å². The topological polar surface area (TPSA) is 120 Å². The largest absolute Gasteiger partial charge is 0.481 e. The number of H-pyrrole nitrogens is 1. The molecule has 3 N–H and O–H groups in total. The van der Waals surface area contributed by atoms with E-state index >= 15 is 0 Å². The summed E-state index contributed by atoms with van der Waals surface area (Å²) in [5, 5.41) is 18.8. The molecule has 9 heteroatoms. The van der Waals surface area contributed by atoms with E-state index in [9.17, 15) is 9.59 Å². The van der Waals surface area contributed by atoms with Crippen LogP contribution in [-0.2, 0) is 16.0 Å². The van der Waals surface area contributed by atoms with E-state index in [4.69, 9.17) is 9.84 Å². The molecule has 0 spiro atoms. The third-order valence-electron chi connectivity index (χ3n) is 4.97. The summed E-state index contributed by atoms with van der Waals surface area (Å²) < 4.78 is 5.44. The highest BCUT2D eigenvalue weighted by atomic mass is 16.5. The molecule has 2 amide bonds. The van der Waals surface area contributed by atoms with Crippen LogP contribution in [0.2, 0.25) is 0 Å². The van der Waals surface area contributed by atoms with Gasteiger partial charge in [-0.15, -0.1) is 0 Å². The Morgan fingerprint density at radius 1 is 1.39 bits per heavy atom. The van der Waals surface area contributed by atoms with Gasteiger partial charge in [0, 0.05) is 32.5 Å². The minimum Gasteiger partial charge on any atom is -0.481 e. The van der Waals surface area contributed by atoms with E-state index < -0.39 is 5.97 Å². The van der Waals surface area contributed by atoms with Gasteiger partial charge in [0.25, 0.3) is 0 Å². The quantitative estimate of drug-likeness (QED) is 0.635. The zero-order valence-electron chi connectivity index (χ0n) is 15.7.